The van der Waals surface area contributed by atoms with Crippen LogP contribution in [0.25, 0.3) is 0 Å². The van der Waals surface area contributed by atoms with E-state index in [1.165, 1.54) is 4.90 Å². The lowest BCUT2D eigenvalue weighted by molar-refractivity contribution is -0.143. The van der Waals surface area contributed by atoms with E-state index in [0.717, 1.165) is 0 Å². The van der Waals surface area contributed by atoms with Crippen molar-refractivity contribution in [3.8, 4) is 0 Å². The van der Waals surface area contributed by atoms with Crippen LogP contribution >= 0.6 is 0 Å². The summed E-state index contributed by atoms with van der Waals surface area (Å²) in [5.74, 6) is -0.612. The van der Waals surface area contributed by atoms with Gasteiger partial charge in [0.2, 0.25) is 18.2 Å². The van der Waals surface area contributed by atoms with Crippen molar-refractivity contribution in [3.63, 3.8) is 0 Å². The van der Waals surface area contributed by atoms with Crippen molar-refractivity contribution in [2.75, 3.05) is 7.05 Å². The number of amides is 3. The predicted octanol–water partition coefficient (Wildman–Crippen LogP) is 0.506. The zero-order chi connectivity index (χ0) is 16.1. The molecular formula is C14H27N3O3. The highest BCUT2D eigenvalue weighted by Crippen LogP contribution is 2.24. The number of hydrogen-bond donors (Lipinski definition) is 2. The van der Waals surface area contributed by atoms with Gasteiger partial charge in [-0.1, -0.05) is 34.6 Å². The van der Waals surface area contributed by atoms with Gasteiger partial charge in [0.15, 0.2) is 0 Å². The Labute approximate surface area is 121 Å². The van der Waals surface area contributed by atoms with E-state index in [0.29, 0.717) is 12.8 Å². The molecule has 0 unspecified atom stereocenters. The molecule has 3 N–H and O–H groups in total. The number of carbonyl (C=O) groups excluding carboxylic acids is 3. The van der Waals surface area contributed by atoms with Crippen molar-refractivity contribution in [2.45, 2.75) is 53.1 Å². The normalized spacial score (nSPS) is 14.6. The molecule has 0 aliphatic carbocycles. The van der Waals surface area contributed by atoms with Crippen LogP contribution < -0.4 is 11.1 Å². The third-order valence-electron chi connectivity index (χ3n) is 3.10. The molecule has 6 nitrogen and oxygen atoms in total. The third kappa shape index (κ3) is 5.19. The molecule has 3 amide bonds. The molecule has 0 aromatic carbocycles. The quantitative estimate of drug-likeness (QED) is 0.667. The van der Waals surface area contributed by atoms with Crippen LogP contribution in [0.4, 0.5) is 0 Å². The Hall–Kier alpha value is -1.59. The molecule has 0 heterocycles. The molecule has 0 bridgehead atoms. The highest BCUT2D eigenvalue weighted by molar-refractivity contribution is 5.90. The SMILES string of the molecule is CC(C)C[C@H](NC=O)C(=O)N(C)[C@H](C(N)=O)C(C)(C)C. The van der Waals surface area contributed by atoms with Crippen LogP contribution in [0.3, 0.4) is 0 Å². The standard InChI is InChI=1S/C14H27N3O3/c1-9(2)7-10(16-8-18)13(20)17(6)11(12(15)19)14(3,4)5/h8-11H,7H2,1-6H3,(H2,15,19)(H,16,18)/t10-,11+/m0/s1. The van der Waals surface area contributed by atoms with Gasteiger partial charge in [0.1, 0.15) is 12.1 Å². The third-order valence-corrected chi connectivity index (χ3v) is 3.10. The van der Waals surface area contributed by atoms with Crippen LogP contribution in [0.5, 0.6) is 0 Å². The topological polar surface area (TPSA) is 92.5 Å². The molecule has 0 aromatic rings. The Morgan fingerprint density at radius 3 is 2.10 bits per heavy atom. The molecule has 0 aliphatic heterocycles. The summed E-state index contributed by atoms with van der Waals surface area (Å²) >= 11 is 0. The van der Waals surface area contributed by atoms with E-state index in [9.17, 15) is 14.4 Å². The van der Waals surface area contributed by atoms with Crippen molar-refractivity contribution in [3.05, 3.63) is 0 Å². The molecule has 6 heteroatoms. The van der Waals surface area contributed by atoms with Crippen LogP contribution in [0.2, 0.25) is 0 Å². The number of likely N-dealkylation sites (N-methyl/N-ethyl adjacent to an activating group) is 1. The van der Waals surface area contributed by atoms with Gasteiger partial charge in [-0.05, 0) is 17.8 Å². The number of nitrogens with zero attached hydrogens (tertiary/aromatic N) is 1. The van der Waals surface area contributed by atoms with Crippen molar-refractivity contribution in [1.29, 1.82) is 0 Å². The van der Waals surface area contributed by atoms with E-state index in [1.54, 1.807) is 7.05 Å². The summed E-state index contributed by atoms with van der Waals surface area (Å²) in [5.41, 5.74) is 4.94. The maximum absolute atomic E-state index is 12.5. The van der Waals surface area contributed by atoms with Crippen LogP contribution in [0.1, 0.15) is 41.0 Å². The molecule has 0 saturated carbocycles. The number of carbonyl (C=O) groups is 3. The Kier molecular flexibility index (Phi) is 6.68. The van der Waals surface area contributed by atoms with E-state index in [1.807, 2.05) is 34.6 Å². The van der Waals surface area contributed by atoms with E-state index >= 15 is 0 Å². The molecule has 0 radical (unpaired) electrons. The van der Waals surface area contributed by atoms with Crippen molar-refractivity contribution >= 4 is 18.2 Å². The molecule has 0 aromatic heterocycles. The fourth-order valence-corrected chi connectivity index (χ4v) is 2.37. The highest BCUT2D eigenvalue weighted by Gasteiger charge is 2.37. The van der Waals surface area contributed by atoms with Crippen molar-refractivity contribution < 1.29 is 14.4 Å². The fraction of sp³-hybridized carbons (Fsp3) is 0.786. The lowest BCUT2D eigenvalue weighted by Crippen LogP contribution is -2.57. The second kappa shape index (κ2) is 7.26. The average Bonchev–Trinajstić information content (AvgIpc) is 2.24. The van der Waals surface area contributed by atoms with Crippen LogP contribution in [-0.4, -0.2) is 42.3 Å². The second-order valence-electron chi connectivity index (χ2n) is 6.59. The van der Waals surface area contributed by atoms with Gasteiger partial charge in [0.05, 0.1) is 0 Å². The fourth-order valence-electron chi connectivity index (χ4n) is 2.37. The van der Waals surface area contributed by atoms with Gasteiger partial charge >= 0.3 is 0 Å². The molecule has 0 rings (SSSR count). The molecule has 2 atom stereocenters. The van der Waals surface area contributed by atoms with E-state index < -0.39 is 23.4 Å². The van der Waals surface area contributed by atoms with Crippen LogP contribution in [0, 0.1) is 11.3 Å². The summed E-state index contributed by atoms with van der Waals surface area (Å²) in [6.07, 6.45) is 1.02. The molecule has 0 aliphatic rings. The van der Waals surface area contributed by atoms with Crippen LogP contribution in [0.15, 0.2) is 0 Å². The zero-order valence-corrected chi connectivity index (χ0v) is 13.3. The smallest absolute Gasteiger partial charge is 0.245 e. The Bertz CT molecular complexity index is 361. The lowest BCUT2D eigenvalue weighted by Gasteiger charge is -2.37. The number of nitrogens with one attached hydrogen (secondary N) is 1. The summed E-state index contributed by atoms with van der Waals surface area (Å²) in [6, 6.07) is -1.36. The van der Waals surface area contributed by atoms with E-state index in [4.69, 9.17) is 5.73 Å². The Morgan fingerprint density at radius 1 is 1.30 bits per heavy atom. The Morgan fingerprint density at radius 2 is 1.80 bits per heavy atom. The minimum absolute atomic E-state index is 0.242. The first-order chi connectivity index (χ1) is 9.02. The summed E-state index contributed by atoms with van der Waals surface area (Å²) < 4.78 is 0. The van der Waals surface area contributed by atoms with Crippen molar-refractivity contribution in [1.82, 2.24) is 10.2 Å². The molecule has 116 valence electrons. The summed E-state index contributed by atoms with van der Waals surface area (Å²) in [5, 5.41) is 2.52. The van der Waals surface area contributed by atoms with Gasteiger partial charge in [-0.25, -0.2) is 0 Å². The van der Waals surface area contributed by atoms with Crippen LogP contribution in [-0.2, 0) is 14.4 Å². The minimum atomic E-state index is -0.724. The van der Waals surface area contributed by atoms with E-state index in [2.05, 4.69) is 5.32 Å². The van der Waals surface area contributed by atoms with Gasteiger partial charge in [-0.3, -0.25) is 14.4 Å². The molecular weight excluding hydrogens is 258 g/mol. The van der Waals surface area contributed by atoms with Crippen molar-refractivity contribution in [2.24, 2.45) is 17.1 Å². The first-order valence-corrected chi connectivity index (χ1v) is 6.78. The summed E-state index contributed by atoms with van der Waals surface area (Å²) in [6.45, 7) is 9.45. The van der Waals surface area contributed by atoms with Gasteiger partial charge in [-0.15, -0.1) is 0 Å². The van der Waals surface area contributed by atoms with Gasteiger partial charge < -0.3 is 16.0 Å². The van der Waals surface area contributed by atoms with Gasteiger partial charge in [0, 0.05) is 7.05 Å². The molecule has 0 spiro atoms. The van der Waals surface area contributed by atoms with Gasteiger partial charge in [0.25, 0.3) is 0 Å². The number of primary amides is 1. The van der Waals surface area contributed by atoms with Gasteiger partial charge in [-0.2, -0.15) is 0 Å². The first-order valence-electron chi connectivity index (χ1n) is 6.78. The molecule has 0 saturated heterocycles. The first kappa shape index (κ1) is 18.4. The molecule has 20 heavy (non-hydrogen) atoms. The monoisotopic (exact) mass is 285 g/mol. The maximum Gasteiger partial charge on any atom is 0.245 e. The highest BCUT2D eigenvalue weighted by atomic mass is 16.2. The maximum atomic E-state index is 12.5. The minimum Gasteiger partial charge on any atom is -0.368 e. The van der Waals surface area contributed by atoms with E-state index in [-0.39, 0.29) is 11.8 Å². The summed E-state index contributed by atoms with van der Waals surface area (Å²) in [7, 11) is 1.54. The Balaban J connectivity index is 5.20. The number of hydrogen-bond acceptors (Lipinski definition) is 3. The number of nitrogens with two attached hydrogens (primary N) is 1. The lowest BCUT2D eigenvalue weighted by atomic mass is 9.85. The average molecular weight is 285 g/mol. The zero-order valence-electron chi connectivity index (χ0n) is 13.3. The largest absolute Gasteiger partial charge is 0.368 e. The predicted molar refractivity (Wildman–Crippen MR) is 77.7 cm³/mol. The summed E-state index contributed by atoms with van der Waals surface area (Å²) in [4.78, 5) is 36.1. The second-order valence-corrected chi connectivity index (χ2v) is 6.59. The molecule has 0 fully saturated rings. The number of rotatable bonds is 7.